The number of carbonyl (C=O) groups excluding carboxylic acids is 1. The van der Waals surface area contributed by atoms with E-state index in [-0.39, 0.29) is 5.91 Å². The van der Waals surface area contributed by atoms with Crippen LogP contribution in [0, 0.1) is 5.41 Å². The van der Waals surface area contributed by atoms with E-state index in [0.29, 0.717) is 18.1 Å². The molecule has 0 spiro atoms. The van der Waals surface area contributed by atoms with Crippen molar-refractivity contribution in [2.45, 2.75) is 58.3 Å². The number of hydrogen-bond acceptors (Lipinski definition) is 3. The highest BCUT2D eigenvalue weighted by molar-refractivity contribution is 7.80. The van der Waals surface area contributed by atoms with Crippen LogP contribution in [0.5, 0.6) is 0 Å². The van der Waals surface area contributed by atoms with Crippen molar-refractivity contribution in [1.29, 1.82) is 0 Å². The Morgan fingerprint density at radius 2 is 1.90 bits per heavy atom. The summed E-state index contributed by atoms with van der Waals surface area (Å²) in [6.45, 7) is 4.19. The maximum Gasteiger partial charge on any atom is 0.233 e. The predicted molar refractivity (Wildman–Crippen MR) is 85.7 cm³/mol. The van der Waals surface area contributed by atoms with E-state index in [1.807, 2.05) is 0 Å². The lowest BCUT2D eigenvalue weighted by atomic mass is 9.79. The second-order valence-electron chi connectivity index (χ2n) is 5.58. The van der Waals surface area contributed by atoms with Gasteiger partial charge in [-0.2, -0.15) is 0 Å². The molecule has 1 aliphatic carbocycles. The van der Waals surface area contributed by atoms with E-state index >= 15 is 0 Å². The van der Waals surface area contributed by atoms with E-state index in [2.05, 4.69) is 12.2 Å². The van der Waals surface area contributed by atoms with E-state index in [4.69, 9.17) is 22.7 Å². The maximum atomic E-state index is 12.5. The van der Waals surface area contributed by atoms with E-state index in [0.717, 1.165) is 45.1 Å². The van der Waals surface area contributed by atoms with Crippen molar-refractivity contribution >= 4 is 23.1 Å². The van der Waals surface area contributed by atoms with E-state index in [9.17, 15) is 4.79 Å². The molecule has 1 rings (SSSR count). The quantitative estimate of drug-likeness (QED) is 0.411. The highest BCUT2D eigenvalue weighted by atomic mass is 32.1. The lowest BCUT2D eigenvalue weighted by Gasteiger charge is -2.30. The van der Waals surface area contributed by atoms with E-state index in [1.54, 1.807) is 0 Å². The number of carbonyl (C=O) groups is 1. The normalized spacial score (nSPS) is 18.2. The molecule has 0 heterocycles. The average Bonchev–Trinajstić information content (AvgIpc) is 2.69. The van der Waals surface area contributed by atoms with Crippen LogP contribution >= 0.6 is 12.2 Å². The Kier molecular flexibility index (Phi) is 8.07. The molecule has 0 aliphatic heterocycles. The fourth-order valence-electron chi connectivity index (χ4n) is 2.71. The van der Waals surface area contributed by atoms with Crippen LogP contribution in [-0.4, -0.2) is 30.7 Å². The maximum absolute atomic E-state index is 12.5. The standard InChI is InChI=1S/C15H28N2O2S/c1-2-11-19-12-7-10-17-14(18)15(13(16)20)8-5-3-4-6-9-15/h2-12H2,1H3,(H2,16,20)(H,17,18). The van der Waals surface area contributed by atoms with E-state index < -0.39 is 5.41 Å². The van der Waals surface area contributed by atoms with Crippen LogP contribution in [0.25, 0.3) is 0 Å². The minimum atomic E-state index is -0.615. The lowest BCUT2D eigenvalue weighted by Crippen LogP contribution is -2.49. The second kappa shape index (κ2) is 9.29. The first-order valence-corrected chi connectivity index (χ1v) is 8.20. The minimum Gasteiger partial charge on any atom is -0.392 e. The van der Waals surface area contributed by atoms with Crippen molar-refractivity contribution in [3.63, 3.8) is 0 Å². The van der Waals surface area contributed by atoms with Crippen LogP contribution in [0.4, 0.5) is 0 Å². The van der Waals surface area contributed by atoms with Crippen LogP contribution in [0.1, 0.15) is 58.3 Å². The molecule has 5 heteroatoms. The molecule has 3 N–H and O–H groups in total. The highest BCUT2D eigenvalue weighted by Crippen LogP contribution is 2.35. The Hall–Kier alpha value is -0.680. The average molecular weight is 300 g/mol. The van der Waals surface area contributed by atoms with Gasteiger partial charge in [0.05, 0.1) is 10.4 Å². The molecule has 0 unspecified atom stereocenters. The summed E-state index contributed by atoms with van der Waals surface area (Å²) in [7, 11) is 0. The van der Waals surface area contributed by atoms with Crippen LogP contribution in [0.15, 0.2) is 0 Å². The molecule has 0 aromatic carbocycles. The molecule has 4 nitrogen and oxygen atoms in total. The molecule has 116 valence electrons. The van der Waals surface area contributed by atoms with Crippen molar-refractivity contribution in [2.24, 2.45) is 11.1 Å². The van der Waals surface area contributed by atoms with Crippen molar-refractivity contribution in [2.75, 3.05) is 19.8 Å². The molecule has 0 aromatic rings. The lowest BCUT2D eigenvalue weighted by molar-refractivity contribution is -0.128. The summed E-state index contributed by atoms with van der Waals surface area (Å²) in [4.78, 5) is 12.8. The summed E-state index contributed by atoms with van der Waals surface area (Å²) in [5, 5.41) is 2.99. The Bertz CT molecular complexity index is 313. The van der Waals surface area contributed by atoms with Gasteiger partial charge in [0.25, 0.3) is 0 Å². The Labute approximate surface area is 127 Å². The zero-order valence-corrected chi connectivity index (χ0v) is 13.4. The molecule has 0 atom stereocenters. The molecular weight excluding hydrogens is 272 g/mol. The number of amides is 1. The third-order valence-electron chi connectivity index (χ3n) is 3.96. The summed E-state index contributed by atoms with van der Waals surface area (Å²) >= 11 is 5.19. The molecule has 0 bridgehead atoms. The topological polar surface area (TPSA) is 64.3 Å². The number of nitrogens with two attached hydrogens (primary N) is 1. The van der Waals surface area contributed by atoms with Gasteiger partial charge in [0, 0.05) is 19.8 Å². The van der Waals surface area contributed by atoms with Gasteiger partial charge in [-0.05, 0) is 25.7 Å². The summed E-state index contributed by atoms with van der Waals surface area (Å²) in [6.07, 6.45) is 7.84. The summed E-state index contributed by atoms with van der Waals surface area (Å²) < 4.78 is 5.40. The SMILES string of the molecule is CCCOCCCNC(=O)C1(C(N)=S)CCCCCC1. The molecule has 1 amide bonds. The van der Waals surface area contributed by atoms with Gasteiger partial charge < -0.3 is 15.8 Å². The van der Waals surface area contributed by atoms with Gasteiger partial charge in [0.1, 0.15) is 0 Å². The summed E-state index contributed by atoms with van der Waals surface area (Å²) in [6, 6.07) is 0. The van der Waals surface area contributed by atoms with Gasteiger partial charge >= 0.3 is 0 Å². The zero-order valence-electron chi connectivity index (χ0n) is 12.6. The molecular formula is C15H28N2O2S. The van der Waals surface area contributed by atoms with E-state index in [1.165, 1.54) is 12.8 Å². The fraction of sp³-hybridized carbons (Fsp3) is 0.867. The van der Waals surface area contributed by atoms with Crippen molar-refractivity contribution in [3.05, 3.63) is 0 Å². The van der Waals surface area contributed by atoms with Gasteiger partial charge in [0.15, 0.2) is 0 Å². The van der Waals surface area contributed by atoms with Crippen LogP contribution in [0.2, 0.25) is 0 Å². The molecule has 1 saturated carbocycles. The Balaban J connectivity index is 2.42. The number of ether oxygens (including phenoxy) is 1. The second-order valence-corrected chi connectivity index (χ2v) is 6.02. The molecule has 20 heavy (non-hydrogen) atoms. The molecule has 0 radical (unpaired) electrons. The van der Waals surface area contributed by atoms with Crippen LogP contribution < -0.4 is 11.1 Å². The third kappa shape index (κ3) is 5.02. The number of hydrogen-bond donors (Lipinski definition) is 2. The van der Waals surface area contributed by atoms with Gasteiger partial charge in [0.2, 0.25) is 5.91 Å². The first-order chi connectivity index (χ1) is 9.63. The van der Waals surface area contributed by atoms with Gasteiger partial charge in [-0.25, -0.2) is 0 Å². The Morgan fingerprint density at radius 1 is 1.25 bits per heavy atom. The summed E-state index contributed by atoms with van der Waals surface area (Å²) in [5.41, 5.74) is 5.27. The summed E-state index contributed by atoms with van der Waals surface area (Å²) in [5.74, 6) is 0.0161. The molecule has 1 fully saturated rings. The van der Waals surface area contributed by atoms with Crippen LogP contribution in [0.3, 0.4) is 0 Å². The van der Waals surface area contributed by atoms with Crippen LogP contribution in [-0.2, 0) is 9.53 Å². The highest BCUT2D eigenvalue weighted by Gasteiger charge is 2.41. The Morgan fingerprint density at radius 3 is 2.45 bits per heavy atom. The smallest absolute Gasteiger partial charge is 0.233 e. The van der Waals surface area contributed by atoms with Gasteiger partial charge in [-0.3, -0.25) is 4.79 Å². The molecule has 0 saturated heterocycles. The molecule has 1 aliphatic rings. The monoisotopic (exact) mass is 300 g/mol. The zero-order chi connectivity index (χ0) is 14.8. The van der Waals surface area contributed by atoms with Crippen molar-refractivity contribution in [1.82, 2.24) is 5.32 Å². The largest absolute Gasteiger partial charge is 0.392 e. The van der Waals surface area contributed by atoms with Crippen molar-refractivity contribution < 1.29 is 9.53 Å². The first kappa shape index (κ1) is 17.4. The predicted octanol–water partition coefficient (Wildman–Crippen LogP) is 2.55. The number of rotatable bonds is 8. The van der Waals surface area contributed by atoms with Gasteiger partial charge in [-0.15, -0.1) is 0 Å². The third-order valence-corrected chi connectivity index (χ3v) is 4.35. The van der Waals surface area contributed by atoms with Crippen molar-refractivity contribution in [3.8, 4) is 0 Å². The first-order valence-electron chi connectivity index (χ1n) is 7.79. The fourth-order valence-corrected chi connectivity index (χ4v) is 3.01. The molecule has 0 aromatic heterocycles. The minimum absolute atomic E-state index is 0.0161. The number of thiocarbonyl (C=S) groups is 1. The van der Waals surface area contributed by atoms with Gasteiger partial charge in [-0.1, -0.05) is 44.8 Å². The number of nitrogens with one attached hydrogen (secondary N) is 1.